The molecule has 1 aromatic carbocycles. The zero-order valence-electron chi connectivity index (χ0n) is 25.6. The minimum absolute atomic E-state index is 0.136. The first-order valence-electron chi connectivity index (χ1n) is 15.3. The van der Waals surface area contributed by atoms with E-state index in [0.29, 0.717) is 57.2 Å². The number of amides is 1. The number of aliphatic hydroxyl groups excluding tert-OH is 1. The molecule has 2 bridgehead atoms. The molecule has 0 aliphatic heterocycles. The molecule has 3 aliphatic rings. The zero-order chi connectivity index (χ0) is 30.3. The summed E-state index contributed by atoms with van der Waals surface area (Å²) in [5.41, 5.74) is 1.65. The van der Waals surface area contributed by atoms with Gasteiger partial charge in [0.05, 0.1) is 31.1 Å². The van der Waals surface area contributed by atoms with Gasteiger partial charge < -0.3 is 29.0 Å². The maximum absolute atomic E-state index is 13.8. The van der Waals surface area contributed by atoms with E-state index in [1.54, 1.807) is 31.1 Å². The highest BCUT2D eigenvalue weighted by molar-refractivity contribution is 6.08. The molecule has 4 unspecified atom stereocenters. The number of furan rings is 1. The highest BCUT2D eigenvalue weighted by atomic mass is 16.6. The molecule has 1 heterocycles. The van der Waals surface area contributed by atoms with Gasteiger partial charge in [0, 0.05) is 31.2 Å². The average Bonchev–Trinajstić information content (AvgIpc) is 3.58. The first-order chi connectivity index (χ1) is 20.1. The van der Waals surface area contributed by atoms with Crippen LogP contribution in [0.3, 0.4) is 0 Å². The third kappa shape index (κ3) is 6.99. The molecule has 2 aromatic rings. The maximum Gasteiger partial charge on any atom is 0.409 e. The molecule has 230 valence electrons. The summed E-state index contributed by atoms with van der Waals surface area (Å²) in [5.74, 6) is -0.0926. The van der Waals surface area contributed by atoms with Crippen LogP contribution < -0.4 is 0 Å². The lowest BCUT2D eigenvalue weighted by molar-refractivity contribution is -0.0814. The minimum atomic E-state index is -1.21. The molecular formula is C34H47NO7. The second-order valence-electron chi connectivity index (χ2n) is 12.2. The molecule has 0 saturated heterocycles. The largest absolute Gasteiger partial charge is 0.461 e. The van der Waals surface area contributed by atoms with Gasteiger partial charge in [-0.1, -0.05) is 30.7 Å². The van der Waals surface area contributed by atoms with Crippen LogP contribution in [0.25, 0.3) is 0 Å². The number of carbonyl (C=O) groups excluding carboxylic acids is 2. The number of fused-ring (bicyclic) bond motifs is 8. The predicted molar refractivity (Wildman–Crippen MR) is 161 cm³/mol. The number of ketones is 1. The molecule has 0 spiro atoms. The van der Waals surface area contributed by atoms with Gasteiger partial charge in [-0.2, -0.15) is 0 Å². The quantitative estimate of drug-likeness (QED) is 0.211. The topological polar surface area (TPSA) is 109 Å². The number of hydrogen-bond acceptors (Lipinski definition) is 7. The second-order valence-corrected chi connectivity index (χ2v) is 12.2. The highest BCUT2D eigenvalue weighted by Gasteiger charge is 2.57. The molecule has 2 N–H and O–H groups in total. The Morgan fingerprint density at radius 1 is 1.19 bits per heavy atom. The SMILES string of the molecule is CCOC(=O)N(CCCOC)CC1(O)CCC2c3ccc(cc3C(=O)c3ccco3)CC(O)CCC(C)=CCCC21C. The van der Waals surface area contributed by atoms with Crippen molar-refractivity contribution in [2.24, 2.45) is 5.41 Å². The van der Waals surface area contributed by atoms with E-state index in [-0.39, 0.29) is 30.6 Å². The molecule has 42 heavy (non-hydrogen) atoms. The van der Waals surface area contributed by atoms with Crippen LogP contribution in [0.4, 0.5) is 4.79 Å². The standard InChI is InChI=1S/C34H47NO7/c1-5-41-32(38)35(18-8-19-40-4)23-34(39)17-15-29-27-14-12-25(22-28(27)31(37)30-10-7-20-42-30)21-26(36)13-11-24(2)9-6-16-33(29,34)3/h7,9-10,12,14,20,22,26,29,36,39H,5-6,8,11,13,15-19,21,23H2,1-4H3. The van der Waals surface area contributed by atoms with Gasteiger partial charge in [0.25, 0.3) is 0 Å². The Morgan fingerprint density at radius 3 is 2.71 bits per heavy atom. The van der Waals surface area contributed by atoms with Gasteiger partial charge in [-0.05, 0) is 100 Å². The van der Waals surface area contributed by atoms with Crippen LogP contribution in [0.1, 0.15) is 98.9 Å². The first-order valence-corrected chi connectivity index (χ1v) is 15.3. The number of carbonyl (C=O) groups is 2. The van der Waals surface area contributed by atoms with Crippen molar-refractivity contribution in [1.29, 1.82) is 0 Å². The summed E-state index contributed by atoms with van der Waals surface area (Å²) in [6.45, 7) is 7.27. The summed E-state index contributed by atoms with van der Waals surface area (Å²) >= 11 is 0. The number of aliphatic hydroxyl groups is 2. The number of rotatable bonds is 9. The fraction of sp³-hybridized carbons (Fsp3) is 0.588. The lowest BCUT2D eigenvalue weighted by atomic mass is 9.64. The Balaban J connectivity index is 1.79. The van der Waals surface area contributed by atoms with Gasteiger partial charge in [0.15, 0.2) is 5.76 Å². The van der Waals surface area contributed by atoms with E-state index < -0.39 is 23.2 Å². The summed E-state index contributed by atoms with van der Waals surface area (Å²) in [6.07, 6.45) is 7.77. The van der Waals surface area contributed by atoms with E-state index in [2.05, 4.69) is 19.9 Å². The summed E-state index contributed by atoms with van der Waals surface area (Å²) in [5, 5.41) is 23.3. The molecule has 4 atom stereocenters. The molecular weight excluding hydrogens is 534 g/mol. The third-order valence-corrected chi connectivity index (χ3v) is 9.42. The number of benzene rings is 1. The Kier molecular flexibility index (Phi) is 10.7. The Morgan fingerprint density at radius 2 is 2.00 bits per heavy atom. The van der Waals surface area contributed by atoms with Crippen molar-refractivity contribution in [3.05, 3.63) is 70.7 Å². The first kappa shape index (κ1) is 32.0. The second kappa shape index (κ2) is 14.0. The fourth-order valence-electron chi connectivity index (χ4n) is 6.90. The zero-order valence-corrected chi connectivity index (χ0v) is 25.6. The van der Waals surface area contributed by atoms with E-state index >= 15 is 0 Å². The summed E-state index contributed by atoms with van der Waals surface area (Å²) in [4.78, 5) is 28.4. The van der Waals surface area contributed by atoms with Gasteiger partial charge in [-0.3, -0.25) is 4.79 Å². The number of nitrogens with zero attached hydrogens (tertiary/aromatic N) is 1. The molecule has 0 radical (unpaired) electrons. The normalized spacial score (nSPS) is 26.3. The van der Waals surface area contributed by atoms with Crippen molar-refractivity contribution >= 4 is 11.9 Å². The van der Waals surface area contributed by atoms with Crippen molar-refractivity contribution in [3.63, 3.8) is 0 Å². The molecule has 1 amide bonds. The fourth-order valence-corrected chi connectivity index (χ4v) is 6.90. The van der Waals surface area contributed by atoms with Crippen LogP contribution in [0.5, 0.6) is 0 Å². The van der Waals surface area contributed by atoms with Crippen LogP contribution in [-0.4, -0.2) is 72.1 Å². The van der Waals surface area contributed by atoms with Crippen LogP contribution in [0.2, 0.25) is 0 Å². The predicted octanol–water partition coefficient (Wildman–Crippen LogP) is 6.04. The number of hydrogen-bond donors (Lipinski definition) is 2. The van der Waals surface area contributed by atoms with E-state index in [4.69, 9.17) is 13.9 Å². The summed E-state index contributed by atoms with van der Waals surface area (Å²) in [6, 6.07) is 9.26. The van der Waals surface area contributed by atoms with Crippen LogP contribution in [-0.2, 0) is 15.9 Å². The van der Waals surface area contributed by atoms with E-state index in [1.807, 2.05) is 18.2 Å². The van der Waals surface area contributed by atoms with E-state index in [1.165, 1.54) is 11.8 Å². The minimum Gasteiger partial charge on any atom is -0.461 e. The lowest BCUT2D eigenvalue weighted by Gasteiger charge is -2.46. The van der Waals surface area contributed by atoms with Crippen LogP contribution in [0, 0.1) is 5.41 Å². The molecule has 8 heteroatoms. The smallest absolute Gasteiger partial charge is 0.409 e. The van der Waals surface area contributed by atoms with Crippen molar-refractivity contribution in [1.82, 2.24) is 4.90 Å². The van der Waals surface area contributed by atoms with Crippen molar-refractivity contribution in [2.45, 2.75) is 89.8 Å². The maximum atomic E-state index is 13.8. The molecule has 5 rings (SSSR count). The van der Waals surface area contributed by atoms with Gasteiger partial charge in [0.2, 0.25) is 5.78 Å². The molecule has 3 aliphatic carbocycles. The molecule has 1 fully saturated rings. The average molecular weight is 582 g/mol. The monoisotopic (exact) mass is 581 g/mol. The third-order valence-electron chi connectivity index (χ3n) is 9.42. The molecule has 1 aromatic heterocycles. The van der Waals surface area contributed by atoms with Gasteiger partial charge in [0.1, 0.15) is 0 Å². The van der Waals surface area contributed by atoms with Crippen molar-refractivity contribution in [2.75, 3.05) is 33.4 Å². The van der Waals surface area contributed by atoms with E-state index in [0.717, 1.165) is 24.0 Å². The number of ether oxygens (including phenoxy) is 2. The van der Waals surface area contributed by atoms with E-state index in [9.17, 15) is 19.8 Å². The van der Waals surface area contributed by atoms with Gasteiger partial charge >= 0.3 is 6.09 Å². The molecule has 8 nitrogen and oxygen atoms in total. The summed E-state index contributed by atoms with van der Waals surface area (Å²) in [7, 11) is 1.63. The number of allylic oxidation sites excluding steroid dienone is 2. The van der Waals surface area contributed by atoms with Gasteiger partial charge in [-0.15, -0.1) is 0 Å². The molecule has 1 saturated carbocycles. The Labute approximate surface area is 249 Å². The summed E-state index contributed by atoms with van der Waals surface area (Å²) < 4.78 is 16.1. The Bertz CT molecular complexity index is 1240. The van der Waals surface area contributed by atoms with Crippen molar-refractivity contribution in [3.8, 4) is 0 Å². The van der Waals surface area contributed by atoms with Gasteiger partial charge in [-0.25, -0.2) is 4.79 Å². The number of methoxy groups -OCH3 is 1. The van der Waals surface area contributed by atoms with Crippen LogP contribution >= 0.6 is 0 Å². The van der Waals surface area contributed by atoms with Crippen molar-refractivity contribution < 1.29 is 33.7 Å². The lowest BCUT2D eigenvalue weighted by Crippen LogP contribution is -2.54. The Hall–Kier alpha value is -2.94. The highest BCUT2D eigenvalue weighted by Crippen LogP contribution is 2.59. The van der Waals surface area contributed by atoms with Crippen LogP contribution in [0.15, 0.2) is 52.7 Å².